The van der Waals surface area contributed by atoms with E-state index in [-0.39, 0.29) is 29.5 Å². The van der Waals surface area contributed by atoms with E-state index >= 15 is 4.39 Å². The predicted octanol–water partition coefficient (Wildman–Crippen LogP) is 6.00. The Bertz CT molecular complexity index is 1920. The van der Waals surface area contributed by atoms with Gasteiger partial charge in [0.05, 0.1) is 30.2 Å². The fourth-order valence-electron chi connectivity index (χ4n) is 6.25. The molecule has 12 heteroatoms. The number of piperidine rings is 1. The van der Waals surface area contributed by atoms with Gasteiger partial charge in [-0.3, -0.25) is 9.78 Å². The molecular formula is C34H32FN7O4. The summed E-state index contributed by atoms with van der Waals surface area (Å²) in [6, 6.07) is 13.6. The number of amides is 1. The lowest BCUT2D eigenvalue weighted by atomic mass is 9.94. The maximum Gasteiger partial charge on any atom is 0.245 e. The van der Waals surface area contributed by atoms with Gasteiger partial charge in [-0.05, 0) is 56.2 Å². The monoisotopic (exact) mass is 621 g/mol. The Balaban J connectivity index is 1.10. The van der Waals surface area contributed by atoms with Crippen LogP contribution in [-0.2, 0) is 4.79 Å². The molecule has 0 radical (unpaired) electrons. The summed E-state index contributed by atoms with van der Waals surface area (Å²) in [6.07, 6.45) is 8.14. The van der Waals surface area contributed by atoms with Crippen LogP contribution in [0.4, 0.5) is 15.9 Å². The van der Waals surface area contributed by atoms with Crippen LogP contribution in [-0.4, -0.2) is 61.8 Å². The Morgan fingerprint density at radius 2 is 1.87 bits per heavy atom. The summed E-state index contributed by atoms with van der Waals surface area (Å²) in [7, 11) is 1.58. The van der Waals surface area contributed by atoms with Crippen molar-refractivity contribution in [3.05, 3.63) is 91.4 Å². The highest BCUT2D eigenvalue weighted by Gasteiger charge is 2.44. The first-order valence-electron chi connectivity index (χ1n) is 15.0. The fourth-order valence-corrected chi connectivity index (χ4v) is 6.25. The van der Waals surface area contributed by atoms with Crippen LogP contribution in [0.1, 0.15) is 18.5 Å². The van der Waals surface area contributed by atoms with Gasteiger partial charge in [-0.25, -0.2) is 19.0 Å². The van der Waals surface area contributed by atoms with Gasteiger partial charge in [0.25, 0.3) is 0 Å². The minimum Gasteiger partial charge on any atom is -0.493 e. The van der Waals surface area contributed by atoms with Gasteiger partial charge in [0.15, 0.2) is 11.5 Å². The molecule has 1 N–H and O–H groups in total. The summed E-state index contributed by atoms with van der Waals surface area (Å²) in [5.74, 6) is 1.92. The van der Waals surface area contributed by atoms with Crippen molar-refractivity contribution in [2.45, 2.75) is 25.9 Å². The van der Waals surface area contributed by atoms with E-state index in [1.807, 2.05) is 30.0 Å². The zero-order valence-electron chi connectivity index (χ0n) is 25.4. The number of fused-ring (bicyclic) bond motifs is 3. The standard InChI is InChI=1S/C34H32FN7O4/c1-4-32(43)41-17-21-6-7-22(18-41)33(21)46-30-14-25-28(15-29(30)44-3)37-19-38-34(25)39-27-10-9-24(13-26(27)35)45-31-11-12-42(40-31)23-8-5-20(2)36-16-23/h4-5,8-16,19,21-22,33H,1,6-7,17-18H2,2-3H3,(H,37,38,39)/t21-,22+,33?. The molecule has 5 aromatic rings. The number of halogens is 1. The highest BCUT2D eigenvalue weighted by molar-refractivity contribution is 5.93. The van der Waals surface area contributed by atoms with E-state index in [0.29, 0.717) is 52.9 Å². The van der Waals surface area contributed by atoms with Crippen LogP contribution < -0.4 is 19.5 Å². The maximum absolute atomic E-state index is 15.4. The topological polar surface area (TPSA) is 117 Å². The summed E-state index contributed by atoms with van der Waals surface area (Å²) in [6.45, 7) is 6.80. The summed E-state index contributed by atoms with van der Waals surface area (Å²) in [5.41, 5.74) is 2.50. The molecule has 1 aliphatic carbocycles. The molecule has 1 unspecified atom stereocenters. The van der Waals surface area contributed by atoms with Crippen molar-refractivity contribution < 1.29 is 23.4 Å². The molecule has 2 aromatic carbocycles. The van der Waals surface area contributed by atoms with Crippen molar-refractivity contribution in [1.82, 2.24) is 29.6 Å². The van der Waals surface area contributed by atoms with Crippen LogP contribution in [0, 0.1) is 24.6 Å². The predicted molar refractivity (Wildman–Crippen MR) is 169 cm³/mol. The van der Waals surface area contributed by atoms with Gasteiger partial charge < -0.3 is 24.4 Å². The molecule has 0 spiro atoms. The first kappa shape index (κ1) is 29.2. The number of methoxy groups -OCH3 is 1. The van der Waals surface area contributed by atoms with E-state index in [0.717, 1.165) is 24.2 Å². The van der Waals surface area contributed by atoms with Crippen LogP contribution in [0.25, 0.3) is 16.6 Å². The van der Waals surface area contributed by atoms with Crippen molar-refractivity contribution in [3.8, 4) is 28.8 Å². The Morgan fingerprint density at radius 3 is 2.59 bits per heavy atom. The molecule has 4 heterocycles. The van der Waals surface area contributed by atoms with Crippen molar-refractivity contribution in [3.63, 3.8) is 0 Å². The number of pyridine rings is 1. The second-order valence-corrected chi connectivity index (χ2v) is 11.5. The summed E-state index contributed by atoms with van der Waals surface area (Å²) in [5, 5.41) is 8.15. The van der Waals surface area contributed by atoms with E-state index < -0.39 is 5.82 Å². The Morgan fingerprint density at radius 1 is 1.04 bits per heavy atom. The number of carbonyl (C=O) groups is 1. The second kappa shape index (κ2) is 12.1. The lowest BCUT2D eigenvalue weighted by Gasteiger charge is -2.37. The molecule has 1 aliphatic heterocycles. The highest BCUT2D eigenvalue weighted by atomic mass is 19.1. The fraction of sp³-hybridized carbons (Fsp3) is 0.265. The third-order valence-electron chi connectivity index (χ3n) is 8.56. The number of aryl methyl sites for hydroxylation is 1. The number of nitrogens with one attached hydrogen (secondary N) is 1. The highest BCUT2D eigenvalue weighted by Crippen LogP contribution is 2.43. The Kier molecular flexibility index (Phi) is 7.69. The van der Waals surface area contributed by atoms with Gasteiger partial charge in [-0.15, -0.1) is 5.10 Å². The normalized spacial score (nSPS) is 18.8. The van der Waals surface area contributed by atoms with Crippen LogP contribution in [0.2, 0.25) is 0 Å². The second-order valence-electron chi connectivity index (χ2n) is 11.5. The van der Waals surface area contributed by atoms with Crippen molar-refractivity contribution in [2.24, 2.45) is 11.8 Å². The largest absolute Gasteiger partial charge is 0.493 e. The molecule has 2 bridgehead atoms. The van der Waals surface area contributed by atoms with E-state index in [9.17, 15) is 4.79 Å². The van der Waals surface area contributed by atoms with Gasteiger partial charge in [0.1, 0.15) is 29.8 Å². The molecule has 2 fully saturated rings. The molecule has 46 heavy (non-hydrogen) atoms. The Hall–Kier alpha value is -5.52. The molecule has 1 amide bonds. The molecule has 1 saturated heterocycles. The van der Waals surface area contributed by atoms with Crippen molar-refractivity contribution >= 4 is 28.3 Å². The summed E-state index contributed by atoms with van der Waals surface area (Å²) >= 11 is 0. The van der Waals surface area contributed by atoms with Crippen molar-refractivity contribution in [2.75, 3.05) is 25.5 Å². The summed E-state index contributed by atoms with van der Waals surface area (Å²) in [4.78, 5) is 27.2. The minimum atomic E-state index is -0.533. The number of likely N-dealkylation sites (tertiary alicyclic amines) is 1. The van der Waals surface area contributed by atoms with Gasteiger partial charge >= 0.3 is 0 Å². The zero-order chi connectivity index (χ0) is 31.8. The minimum absolute atomic E-state index is 0.0509. The van der Waals surface area contributed by atoms with Crippen LogP contribution in [0.5, 0.6) is 23.1 Å². The molecule has 2 aliphatic rings. The number of anilines is 2. The molecule has 7 rings (SSSR count). The average molecular weight is 622 g/mol. The number of aromatic nitrogens is 5. The molecular weight excluding hydrogens is 589 g/mol. The first-order valence-corrected chi connectivity index (χ1v) is 15.0. The smallest absolute Gasteiger partial charge is 0.245 e. The number of nitrogens with zero attached hydrogens (tertiary/aromatic N) is 6. The molecule has 234 valence electrons. The first-order chi connectivity index (χ1) is 22.4. The Labute approximate surface area is 264 Å². The van der Waals surface area contributed by atoms with E-state index in [1.165, 1.54) is 18.5 Å². The van der Waals surface area contributed by atoms with Crippen LogP contribution in [0.15, 0.2) is 79.9 Å². The SMILES string of the molecule is C=CC(=O)N1C[C@H]2CC[C@@H](C1)C2Oc1cc2c(Nc3ccc(Oc4ccn(-c5ccc(C)nc5)n4)cc3F)ncnc2cc1OC. The van der Waals surface area contributed by atoms with Gasteiger partial charge in [0, 0.05) is 60.4 Å². The molecule has 3 atom stereocenters. The number of hydrogen-bond acceptors (Lipinski definition) is 9. The van der Waals surface area contributed by atoms with Crippen LogP contribution >= 0.6 is 0 Å². The van der Waals surface area contributed by atoms with Gasteiger partial charge in [-0.2, -0.15) is 0 Å². The van der Waals surface area contributed by atoms with E-state index in [1.54, 1.807) is 48.5 Å². The van der Waals surface area contributed by atoms with Gasteiger partial charge in [0.2, 0.25) is 11.8 Å². The lowest BCUT2D eigenvalue weighted by molar-refractivity contribution is -0.129. The lowest BCUT2D eigenvalue weighted by Crippen LogP contribution is -2.49. The number of hydrogen-bond donors (Lipinski definition) is 1. The molecule has 1 saturated carbocycles. The van der Waals surface area contributed by atoms with Gasteiger partial charge in [-0.1, -0.05) is 6.58 Å². The van der Waals surface area contributed by atoms with E-state index in [4.69, 9.17) is 14.2 Å². The number of ether oxygens (including phenoxy) is 3. The quantitative estimate of drug-likeness (QED) is 0.198. The third-order valence-corrected chi connectivity index (χ3v) is 8.56. The third kappa shape index (κ3) is 5.69. The number of benzene rings is 2. The average Bonchev–Trinajstić information content (AvgIpc) is 3.61. The number of carbonyl (C=O) groups excluding carboxylic acids is 1. The molecule has 3 aromatic heterocycles. The van der Waals surface area contributed by atoms with E-state index in [2.05, 4.69) is 31.9 Å². The summed E-state index contributed by atoms with van der Waals surface area (Å²) < 4.78 is 35.1. The zero-order valence-corrected chi connectivity index (χ0v) is 25.4. The number of rotatable bonds is 9. The van der Waals surface area contributed by atoms with Crippen LogP contribution in [0.3, 0.4) is 0 Å². The maximum atomic E-state index is 15.4. The van der Waals surface area contributed by atoms with Crippen molar-refractivity contribution in [1.29, 1.82) is 0 Å². The molecule has 11 nitrogen and oxygen atoms in total.